The Balaban J connectivity index is 2.67. The van der Waals surface area contributed by atoms with Gasteiger partial charge in [0.25, 0.3) is 5.11 Å². The van der Waals surface area contributed by atoms with Crippen LogP contribution in [0.3, 0.4) is 0 Å². The quantitative estimate of drug-likeness (QED) is 0.730. The maximum atomic E-state index is 4.96. The van der Waals surface area contributed by atoms with Gasteiger partial charge >= 0.3 is 0 Å². The highest BCUT2D eigenvalue weighted by Crippen LogP contribution is 2.03. The van der Waals surface area contributed by atoms with E-state index < -0.39 is 0 Å². The second-order valence-corrected chi connectivity index (χ2v) is 3.16. The molecule has 1 aromatic rings. The van der Waals surface area contributed by atoms with Gasteiger partial charge in [0.2, 0.25) is 0 Å². The summed E-state index contributed by atoms with van der Waals surface area (Å²) < 4.78 is 0. The van der Waals surface area contributed by atoms with E-state index in [2.05, 4.69) is 24.4 Å². The van der Waals surface area contributed by atoms with E-state index in [-0.39, 0.29) is 0 Å². The molecule has 0 aliphatic carbocycles. The molecule has 0 aliphatic rings. The van der Waals surface area contributed by atoms with Gasteiger partial charge in [0.15, 0.2) is 0 Å². The summed E-state index contributed by atoms with van der Waals surface area (Å²) in [6, 6.07) is 10.1. The third kappa shape index (κ3) is 2.97. The Hall–Kier alpha value is -1.19. The molecular formula is C10H13N2S+. The first-order valence-electron chi connectivity index (χ1n) is 4.03. The average molecular weight is 193 g/mol. The largest absolute Gasteiger partial charge is 0.300 e. The first kappa shape index (κ1) is 9.89. The first-order chi connectivity index (χ1) is 6.24. The predicted molar refractivity (Wildman–Crippen MR) is 57.7 cm³/mol. The molecule has 0 radical (unpaired) electrons. The van der Waals surface area contributed by atoms with Crippen molar-refractivity contribution < 1.29 is 5.73 Å². The van der Waals surface area contributed by atoms with Crippen molar-refractivity contribution in [1.29, 1.82) is 0 Å². The molecule has 0 fully saturated rings. The second kappa shape index (κ2) is 4.74. The van der Waals surface area contributed by atoms with E-state index in [1.807, 2.05) is 23.1 Å². The van der Waals surface area contributed by atoms with Crippen LogP contribution in [0.25, 0.3) is 0 Å². The predicted octanol–water partition coefficient (Wildman–Crippen LogP) is 1.16. The van der Waals surface area contributed by atoms with Crippen LogP contribution in [0.2, 0.25) is 0 Å². The monoisotopic (exact) mass is 193 g/mol. The fourth-order valence-electron chi connectivity index (χ4n) is 1.03. The van der Waals surface area contributed by atoms with Gasteiger partial charge in [-0.3, -0.25) is 4.90 Å². The second-order valence-electron chi connectivity index (χ2n) is 2.69. The minimum absolute atomic E-state index is 0.596. The summed E-state index contributed by atoms with van der Waals surface area (Å²) in [7, 11) is 0. The van der Waals surface area contributed by atoms with Crippen LogP contribution < -0.4 is 5.73 Å². The zero-order chi connectivity index (χ0) is 9.68. The molecule has 0 saturated carbocycles. The Morgan fingerprint density at radius 2 is 2.08 bits per heavy atom. The van der Waals surface area contributed by atoms with Crippen LogP contribution in [0.5, 0.6) is 0 Å². The van der Waals surface area contributed by atoms with Gasteiger partial charge in [-0.1, -0.05) is 36.9 Å². The molecule has 0 heterocycles. The molecule has 68 valence electrons. The van der Waals surface area contributed by atoms with Crippen LogP contribution in [-0.2, 0) is 6.54 Å². The highest BCUT2D eigenvalue weighted by Gasteiger charge is 2.04. The molecule has 3 N–H and O–H groups in total. The van der Waals surface area contributed by atoms with E-state index in [0.29, 0.717) is 5.11 Å². The van der Waals surface area contributed by atoms with E-state index in [1.165, 1.54) is 5.56 Å². The molecule has 0 unspecified atom stereocenters. The summed E-state index contributed by atoms with van der Waals surface area (Å²) in [6.07, 6.45) is 1.70. The highest BCUT2D eigenvalue weighted by molar-refractivity contribution is 7.79. The molecule has 0 atom stereocenters. The van der Waals surface area contributed by atoms with Crippen molar-refractivity contribution in [3.8, 4) is 0 Å². The Bertz CT molecular complexity index is 295. The van der Waals surface area contributed by atoms with E-state index in [4.69, 9.17) is 12.2 Å². The molecule has 3 heteroatoms. The van der Waals surface area contributed by atoms with Crippen molar-refractivity contribution in [3.63, 3.8) is 0 Å². The molecule has 0 saturated heterocycles. The summed E-state index contributed by atoms with van der Waals surface area (Å²) in [5, 5.41) is 0.596. The number of hydrogen-bond donors (Lipinski definition) is 1. The van der Waals surface area contributed by atoms with E-state index in [9.17, 15) is 0 Å². The third-order valence-corrected chi connectivity index (χ3v) is 1.97. The van der Waals surface area contributed by atoms with Gasteiger partial charge in [-0.05, 0) is 5.56 Å². The van der Waals surface area contributed by atoms with E-state index in [1.54, 1.807) is 6.20 Å². The van der Waals surface area contributed by atoms with Gasteiger partial charge in [0.05, 0.1) is 6.54 Å². The molecule has 0 spiro atoms. The van der Waals surface area contributed by atoms with E-state index in [0.717, 1.165) is 6.54 Å². The maximum Gasteiger partial charge on any atom is 0.271 e. The van der Waals surface area contributed by atoms with Crippen LogP contribution in [0.15, 0.2) is 43.1 Å². The van der Waals surface area contributed by atoms with Gasteiger partial charge in [-0.25, -0.2) is 0 Å². The molecule has 13 heavy (non-hydrogen) atoms. The topological polar surface area (TPSA) is 30.9 Å². The zero-order valence-corrected chi connectivity index (χ0v) is 8.26. The Labute approximate surface area is 83.7 Å². The lowest BCUT2D eigenvalue weighted by Gasteiger charge is -2.14. The number of benzene rings is 1. The summed E-state index contributed by atoms with van der Waals surface area (Å²) in [6.45, 7) is 4.42. The van der Waals surface area contributed by atoms with Crippen molar-refractivity contribution in [1.82, 2.24) is 4.90 Å². The van der Waals surface area contributed by atoms with Crippen molar-refractivity contribution in [2.75, 3.05) is 0 Å². The van der Waals surface area contributed by atoms with Crippen LogP contribution in [0, 0.1) is 0 Å². The van der Waals surface area contributed by atoms with Crippen LogP contribution in [0.4, 0.5) is 0 Å². The number of nitrogens with zero attached hydrogens (tertiary/aromatic N) is 1. The average Bonchev–Trinajstić information content (AvgIpc) is 2.15. The minimum atomic E-state index is 0.596. The zero-order valence-electron chi connectivity index (χ0n) is 7.44. The van der Waals surface area contributed by atoms with Gasteiger partial charge < -0.3 is 5.73 Å². The number of quaternary nitrogens is 1. The fourth-order valence-corrected chi connectivity index (χ4v) is 1.17. The molecule has 0 amide bonds. The molecule has 0 aromatic heterocycles. The molecule has 0 bridgehead atoms. The molecule has 1 rings (SSSR count). The SMILES string of the molecule is C=CN(Cc1ccccc1)C([NH3+])=S. The van der Waals surface area contributed by atoms with Gasteiger partial charge in [-0.2, -0.15) is 0 Å². The lowest BCUT2D eigenvalue weighted by atomic mass is 10.2. The third-order valence-electron chi connectivity index (χ3n) is 1.74. The van der Waals surface area contributed by atoms with E-state index >= 15 is 0 Å². The Morgan fingerprint density at radius 1 is 1.46 bits per heavy atom. The van der Waals surface area contributed by atoms with Crippen molar-refractivity contribution in [2.45, 2.75) is 6.54 Å². The lowest BCUT2D eigenvalue weighted by molar-refractivity contribution is -0.225. The first-order valence-corrected chi connectivity index (χ1v) is 4.44. The number of thiocarbonyl (C=S) groups is 1. The Morgan fingerprint density at radius 3 is 2.54 bits per heavy atom. The van der Waals surface area contributed by atoms with Crippen molar-refractivity contribution in [2.24, 2.45) is 0 Å². The normalized spacial score (nSPS) is 9.31. The molecule has 2 nitrogen and oxygen atoms in total. The summed E-state index contributed by atoms with van der Waals surface area (Å²) in [4.78, 5) is 1.84. The van der Waals surface area contributed by atoms with Crippen LogP contribution in [0.1, 0.15) is 5.56 Å². The van der Waals surface area contributed by atoms with Crippen LogP contribution in [-0.4, -0.2) is 10.0 Å². The summed E-state index contributed by atoms with van der Waals surface area (Å²) >= 11 is 4.96. The summed E-state index contributed by atoms with van der Waals surface area (Å²) in [5.74, 6) is 0. The van der Waals surface area contributed by atoms with Crippen molar-refractivity contribution >= 4 is 17.3 Å². The highest BCUT2D eigenvalue weighted by atomic mass is 32.1. The molecular weight excluding hydrogens is 180 g/mol. The maximum absolute atomic E-state index is 4.96. The number of rotatable bonds is 3. The van der Waals surface area contributed by atoms with Crippen LogP contribution >= 0.6 is 12.2 Å². The smallest absolute Gasteiger partial charge is 0.271 e. The number of hydrogen-bond acceptors (Lipinski definition) is 1. The van der Waals surface area contributed by atoms with Gasteiger partial charge in [-0.15, -0.1) is 0 Å². The lowest BCUT2D eigenvalue weighted by Crippen LogP contribution is -2.62. The fraction of sp³-hybridized carbons (Fsp3) is 0.100. The molecule has 0 aliphatic heterocycles. The standard InChI is InChI=1S/C10H12N2S/c1-2-12(10(11)13)8-9-6-4-3-5-7-9/h2-7H,1,8H2,(H2,11,13)/p+1. The van der Waals surface area contributed by atoms with Crippen molar-refractivity contribution in [3.05, 3.63) is 48.7 Å². The summed E-state index contributed by atoms with van der Waals surface area (Å²) in [5.41, 5.74) is 4.89. The Kier molecular flexibility index (Phi) is 3.61. The minimum Gasteiger partial charge on any atom is -0.300 e. The molecule has 1 aromatic carbocycles. The van der Waals surface area contributed by atoms with Gasteiger partial charge in [0.1, 0.15) is 0 Å². The van der Waals surface area contributed by atoms with Gasteiger partial charge in [0, 0.05) is 18.4 Å².